The molecule has 2 nitrogen and oxygen atoms in total. The number of rotatable bonds is 7. The van der Waals surface area contributed by atoms with Crippen molar-refractivity contribution in [3.05, 3.63) is 64.5 Å². The molecule has 2 aromatic carbocycles. The van der Waals surface area contributed by atoms with Gasteiger partial charge in [0.25, 0.3) is 0 Å². The lowest BCUT2D eigenvalue weighted by molar-refractivity contribution is 0.111. The zero-order chi connectivity index (χ0) is 19.2. The Kier molecular flexibility index (Phi) is 6.65. The van der Waals surface area contributed by atoms with Crippen molar-refractivity contribution >= 4 is 6.29 Å². The van der Waals surface area contributed by atoms with Gasteiger partial charge in [-0.1, -0.05) is 50.1 Å². The van der Waals surface area contributed by atoms with E-state index in [0.29, 0.717) is 30.1 Å². The molecule has 1 saturated carbocycles. The number of ether oxygens (including phenoxy) is 1. The fourth-order valence-electron chi connectivity index (χ4n) is 4.16. The van der Waals surface area contributed by atoms with Gasteiger partial charge in [-0.25, -0.2) is 4.39 Å². The Bertz CT molecular complexity index is 759. The van der Waals surface area contributed by atoms with Crippen LogP contribution < -0.4 is 4.74 Å². The third-order valence-electron chi connectivity index (χ3n) is 5.84. The van der Waals surface area contributed by atoms with Crippen LogP contribution in [0.5, 0.6) is 5.75 Å². The summed E-state index contributed by atoms with van der Waals surface area (Å²) in [6.07, 6.45) is 8.44. The first kappa shape index (κ1) is 19.6. The lowest BCUT2D eigenvalue weighted by atomic mass is 9.77. The summed E-state index contributed by atoms with van der Waals surface area (Å²) in [5.74, 6) is 1.38. The summed E-state index contributed by atoms with van der Waals surface area (Å²) in [5, 5.41) is 0. The Hall–Kier alpha value is -2.16. The minimum Gasteiger partial charge on any atom is -0.488 e. The zero-order valence-corrected chi connectivity index (χ0v) is 16.3. The van der Waals surface area contributed by atoms with E-state index in [-0.39, 0.29) is 5.56 Å². The van der Waals surface area contributed by atoms with Gasteiger partial charge in [-0.05, 0) is 67.2 Å². The van der Waals surface area contributed by atoms with Gasteiger partial charge < -0.3 is 4.74 Å². The van der Waals surface area contributed by atoms with E-state index < -0.39 is 5.82 Å². The van der Waals surface area contributed by atoms with Gasteiger partial charge in [0.05, 0.1) is 5.56 Å². The van der Waals surface area contributed by atoms with E-state index in [1.54, 1.807) is 19.1 Å². The van der Waals surface area contributed by atoms with Crippen molar-refractivity contribution in [2.45, 2.75) is 64.9 Å². The number of aryl methyl sites for hydroxylation is 1. The molecule has 144 valence electrons. The van der Waals surface area contributed by atoms with E-state index >= 15 is 0 Å². The Morgan fingerprint density at radius 1 is 1.07 bits per heavy atom. The summed E-state index contributed by atoms with van der Waals surface area (Å²) in [7, 11) is 0. The van der Waals surface area contributed by atoms with Crippen LogP contribution in [0.4, 0.5) is 4.39 Å². The molecule has 0 aromatic heterocycles. The van der Waals surface area contributed by atoms with Crippen LogP contribution in [0.1, 0.15) is 78.4 Å². The first-order chi connectivity index (χ1) is 13.1. The number of hydrogen-bond donors (Lipinski definition) is 0. The van der Waals surface area contributed by atoms with Crippen LogP contribution in [0.25, 0.3) is 0 Å². The van der Waals surface area contributed by atoms with Crippen LogP contribution in [-0.2, 0) is 6.61 Å². The van der Waals surface area contributed by atoms with Crippen LogP contribution in [-0.4, -0.2) is 6.29 Å². The average molecular weight is 368 g/mol. The summed E-state index contributed by atoms with van der Waals surface area (Å²) in [6, 6.07) is 11.8. The van der Waals surface area contributed by atoms with E-state index in [1.807, 2.05) is 0 Å². The summed E-state index contributed by atoms with van der Waals surface area (Å²) < 4.78 is 19.7. The highest BCUT2D eigenvalue weighted by molar-refractivity contribution is 5.80. The molecule has 0 spiro atoms. The van der Waals surface area contributed by atoms with Crippen LogP contribution in [0, 0.1) is 18.7 Å². The van der Waals surface area contributed by atoms with Crippen LogP contribution in [0.2, 0.25) is 0 Å². The first-order valence-electron chi connectivity index (χ1n) is 10.1. The highest BCUT2D eigenvalue weighted by atomic mass is 19.1. The van der Waals surface area contributed by atoms with E-state index in [4.69, 9.17) is 4.74 Å². The first-order valence-corrected chi connectivity index (χ1v) is 10.1. The largest absolute Gasteiger partial charge is 0.488 e. The number of halogens is 1. The molecule has 0 saturated heterocycles. The lowest BCUT2D eigenvalue weighted by Gasteiger charge is -2.28. The van der Waals surface area contributed by atoms with Gasteiger partial charge in [-0.15, -0.1) is 0 Å². The maximum Gasteiger partial charge on any atom is 0.156 e. The zero-order valence-electron chi connectivity index (χ0n) is 16.3. The quantitative estimate of drug-likeness (QED) is 0.515. The molecular weight excluding hydrogens is 339 g/mol. The molecule has 0 heterocycles. The van der Waals surface area contributed by atoms with Crippen molar-refractivity contribution in [2.75, 3.05) is 0 Å². The average Bonchev–Trinajstić information content (AvgIpc) is 2.70. The maximum absolute atomic E-state index is 14.0. The Morgan fingerprint density at radius 2 is 1.78 bits per heavy atom. The monoisotopic (exact) mass is 368 g/mol. The van der Waals surface area contributed by atoms with Gasteiger partial charge in [-0.2, -0.15) is 0 Å². The number of hydrogen-bond acceptors (Lipinski definition) is 2. The minimum atomic E-state index is -0.503. The summed E-state index contributed by atoms with van der Waals surface area (Å²) in [6.45, 7) is 4.24. The second-order valence-electron chi connectivity index (χ2n) is 7.76. The lowest BCUT2D eigenvalue weighted by Crippen LogP contribution is -2.13. The molecule has 2 aromatic rings. The predicted octanol–water partition coefficient (Wildman–Crippen LogP) is 6.60. The second kappa shape index (κ2) is 9.16. The van der Waals surface area contributed by atoms with E-state index in [2.05, 4.69) is 31.2 Å². The summed E-state index contributed by atoms with van der Waals surface area (Å²) in [4.78, 5) is 11.2. The van der Waals surface area contributed by atoms with Gasteiger partial charge in [-0.3, -0.25) is 4.79 Å². The van der Waals surface area contributed by atoms with E-state index in [1.165, 1.54) is 44.1 Å². The summed E-state index contributed by atoms with van der Waals surface area (Å²) in [5.41, 5.74) is 2.87. The molecule has 0 bridgehead atoms. The maximum atomic E-state index is 14.0. The van der Waals surface area contributed by atoms with E-state index in [9.17, 15) is 9.18 Å². The normalized spacial score (nSPS) is 19.7. The van der Waals surface area contributed by atoms with Gasteiger partial charge >= 0.3 is 0 Å². The van der Waals surface area contributed by atoms with Gasteiger partial charge in [0, 0.05) is 0 Å². The van der Waals surface area contributed by atoms with Crippen LogP contribution in [0.15, 0.2) is 36.4 Å². The Balaban J connectivity index is 1.59. The molecular formula is C24H29FO2. The van der Waals surface area contributed by atoms with Crippen LogP contribution in [0.3, 0.4) is 0 Å². The van der Waals surface area contributed by atoms with Crippen LogP contribution >= 0.6 is 0 Å². The number of carbonyl (C=O) groups excluding carboxylic acids is 1. The molecule has 3 heteroatoms. The van der Waals surface area contributed by atoms with Gasteiger partial charge in [0.1, 0.15) is 18.2 Å². The molecule has 3 rings (SSSR count). The van der Waals surface area contributed by atoms with Crippen molar-refractivity contribution < 1.29 is 13.9 Å². The SMILES string of the molecule is CCCC1CCC(c2ccc(COc3ccc(C)c(F)c3C=O)cc2)CC1. The van der Waals surface area contributed by atoms with Crippen molar-refractivity contribution in [2.24, 2.45) is 5.92 Å². The van der Waals surface area contributed by atoms with Crippen molar-refractivity contribution in [1.29, 1.82) is 0 Å². The molecule has 0 aliphatic heterocycles. The topological polar surface area (TPSA) is 26.3 Å². The minimum absolute atomic E-state index is 0.00420. The second-order valence-corrected chi connectivity index (χ2v) is 7.76. The molecule has 1 fully saturated rings. The molecule has 1 aliphatic rings. The highest BCUT2D eigenvalue weighted by Crippen LogP contribution is 2.37. The molecule has 0 unspecified atom stereocenters. The Morgan fingerprint density at radius 3 is 2.41 bits per heavy atom. The predicted molar refractivity (Wildman–Crippen MR) is 107 cm³/mol. The fourth-order valence-corrected chi connectivity index (χ4v) is 4.16. The standard InChI is InChI=1S/C24H29FO2/c1-3-4-18-6-10-20(11-7-18)21-12-8-19(9-13-21)16-27-23-14-5-17(2)24(25)22(23)15-26/h5,8-9,12-15,18,20H,3-4,6-7,10-11,16H2,1-2H3. The third-order valence-corrected chi connectivity index (χ3v) is 5.84. The number of benzene rings is 2. The van der Waals surface area contributed by atoms with Gasteiger partial charge in [0.15, 0.2) is 6.29 Å². The fraction of sp³-hybridized carbons (Fsp3) is 0.458. The third kappa shape index (κ3) is 4.77. The van der Waals surface area contributed by atoms with E-state index in [0.717, 1.165) is 11.5 Å². The molecule has 0 amide bonds. The number of aldehydes is 1. The van der Waals surface area contributed by atoms with Crippen molar-refractivity contribution in [3.8, 4) is 5.75 Å². The highest BCUT2D eigenvalue weighted by Gasteiger charge is 2.21. The Labute approximate surface area is 161 Å². The summed E-state index contributed by atoms with van der Waals surface area (Å²) >= 11 is 0. The molecule has 0 radical (unpaired) electrons. The van der Waals surface area contributed by atoms with Gasteiger partial charge in [0.2, 0.25) is 0 Å². The molecule has 0 N–H and O–H groups in total. The van der Waals surface area contributed by atoms with Crippen molar-refractivity contribution in [1.82, 2.24) is 0 Å². The smallest absolute Gasteiger partial charge is 0.156 e. The molecule has 27 heavy (non-hydrogen) atoms. The number of carbonyl (C=O) groups is 1. The molecule has 1 aliphatic carbocycles. The molecule has 0 atom stereocenters. The van der Waals surface area contributed by atoms with Crippen molar-refractivity contribution in [3.63, 3.8) is 0 Å².